The standard InChI is InChI=1S/C13H18N4O/c1-4-14-12-7-13(16-10(2)15-12)17(3)8-11-5-6-18-9-11/h5-7,9H,4,8H2,1-3H3,(H,14,15,16). The monoisotopic (exact) mass is 246 g/mol. The van der Waals surface area contributed by atoms with Crippen LogP contribution < -0.4 is 10.2 Å². The average molecular weight is 246 g/mol. The average Bonchev–Trinajstić information content (AvgIpc) is 2.81. The fraction of sp³-hybridized carbons (Fsp3) is 0.385. The van der Waals surface area contributed by atoms with Crippen LogP contribution in [0.1, 0.15) is 18.3 Å². The molecule has 0 saturated carbocycles. The lowest BCUT2D eigenvalue weighted by molar-refractivity contribution is 0.563. The first-order valence-corrected chi connectivity index (χ1v) is 6.01. The van der Waals surface area contributed by atoms with Gasteiger partial charge in [0.15, 0.2) is 0 Å². The molecule has 5 nitrogen and oxygen atoms in total. The highest BCUT2D eigenvalue weighted by Gasteiger charge is 2.07. The number of aromatic nitrogens is 2. The Bertz CT molecular complexity index is 496. The Morgan fingerprint density at radius 3 is 2.89 bits per heavy atom. The molecule has 2 aromatic rings. The molecule has 2 heterocycles. The number of anilines is 2. The van der Waals surface area contributed by atoms with E-state index in [9.17, 15) is 0 Å². The molecule has 5 heteroatoms. The van der Waals surface area contributed by atoms with Gasteiger partial charge in [-0.1, -0.05) is 0 Å². The maximum Gasteiger partial charge on any atom is 0.134 e. The number of nitrogens with one attached hydrogen (secondary N) is 1. The molecule has 0 fully saturated rings. The quantitative estimate of drug-likeness (QED) is 0.878. The Morgan fingerprint density at radius 2 is 2.22 bits per heavy atom. The molecule has 0 spiro atoms. The summed E-state index contributed by atoms with van der Waals surface area (Å²) in [5.74, 6) is 2.53. The van der Waals surface area contributed by atoms with Crippen LogP contribution in [0.5, 0.6) is 0 Å². The fourth-order valence-corrected chi connectivity index (χ4v) is 1.76. The van der Waals surface area contributed by atoms with Crippen molar-refractivity contribution in [3.05, 3.63) is 36.0 Å². The molecule has 0 radical (unpaired) electrons. The van der Waals surface area contributed by atoms with Gasteiger partial charge in [-0.3, -0.25) is 0 Å². The first-order valence-electron chi connectivity index (χ1n) is 6.01. The van der Waals surface area contributed by atoms with E-state index in [4.69, 9.17) is 4.42 Å². The molecule has 0 unspecified atom stereocenters. The highest BCUT2D eigenvalue weighted by molar-refractivity contribution is 5.49. The Balaban J connectivity index is 2.16. The summed E-state index contributed by atoms with van der Waals surface area (Å²) < 4.78 is 5.07. The van der Waals surface area contributed by atoms with E-state index >= 15 is 0 Å². The predicted molar refractivity (Wildman–Crippen MR) is 71.7 cm³/mol. The SMILES string of the molecule is CCNc1cc(N(C)Cc2ccoc2)nc(C)n1. The second-order valence-corrected chi connectivity index (χ2v) is 4.18. The van der Waals surface area contributed by atoms with Gasteiger partial charge in [-0.05, 0) is 19.9 Å². The molecule has 0 atom stereocenters. The molecule has 18 heavy (non-hydrogen) atoms. The van der Waals surface area contributed by atoms with Gasteiger partial charge in [0.25, 0.3) is 0 Å². The molecule has 0 aromatic carbocycles. The minimum absolute atomic E-state index is 0.762. The minimum atomic E-state index is 0.762. The third kappa shape index (κ3) is 3.00. The topological polar surface area (TPSA) is 54.2 Å². The molecule has 0 amide bonds. The molecule has 2 aromatic heterocycles. The highest BCUT2D eigenvalue weighted by Crippen LogP contribution is 2.16. The van der Waals surface area contributed by atoms with Crippen molar-refractivity contribution in [1.29, 1.82) is 0 Å². The molecule has 0 aliphatic rings. The van der Waals surface area contributed by atoms with E-state index in [1.54, 1.807) is 12.5 Å². The molecular weight excluding hydrogens is 228 g/mol. The number of aryl methyl sites for hydroxylation is 1. The Hall–Kier alpha value is -2.04. The van der Waals surface area contributed by atoms with Crippen LogP contribution in [-0.2, 0) is 6.54 Å². The summed E-state index contributed by atoms with van der Waals surface area (Å²) in [6.07, 6.45) is 3.42. The third-order valence-electron chi connectivity index (χ3n) is 2.57. The molecular formula is C13H18N4O. The largest absolute Gasteiger partial charge is 0.472 e. The maximum absolute atomic E-state index is 5.07. The van der Waals surface area contributed by atoms with Gasteiger partial charge in [-0.25, -0.2) is 9.97 Å². The number of nitrogens with zero attached hydrogens (tertiary/aromatic N) is 3. The van der Waals surface area contributed by atoms with Gasteiger partial charge in [0.05, 0.1) is 12.5 Å². The molecule has 96 valence electrons. The van der Waals surface area contributed by atoms with Gasteiger partial charge in [0.2, 0.25) is 0 Å². The zero-order valence-electron chi connectivity index (χ0n) is 11.0. The van der Waals surface area contributed by atoms with Crippen LogP contribution in [0.4, 0.5) is 11.6 Å². The van der Waals surface area contributed by atoms with Gasteiger partial charge < -0.3 is 14.6 Å². The summed E-state index contributed by atoms with van der Waals surface area (Å²) in [5, 5.41) is 3.21. The first-order chi connectivity index (χ1) is 8.69. The Labute approximate surface area is 107 Å². The second kappa shape index (κ2) is 5.53. The molecule has 0 aliphatic heterocycles. The summed E-state index contributed by atoms with van der Waals surface area (Å²) in [6, 6.07) is 3.91. The third-order valence-corrected chi connectivity index (χ3v) is 2.57. The van der Waals surface area contributed by atoms with E-state index < -0.39 is 0 Å². The van der Waals surface area contributed by atoms with Crippen molar-refractivity contribution < 1.29 is 4.42 Å². The summed E-state index contributed by atoms with van der Waals surface area (Å²) in [4.78, 5) is 10.8. The smallest absolute Gasteiger partial charge is 0.134 e. The van der Waals surface area contributed by atoms with Crippen LogP contribution >= 0.6 is 0 Å². The molecule has 1 N–H and O–H groups in total. The van der Waals surface area contributed by atoms with Crippen molar-refractivity contribution in [3.8, 4) is 0 Å². The zero-order valence-corrected chi connectivity index (χ0v) is 11.0. The predicted octanol–water partition coefficient (Wildman–Crippen LogP) is 2.45. The normalized spacial score (nSPS) is 10.4. The van der Waals surface area contributed by atoms with Gasteiger partial charge >= 0.3 is 0 Å². The van der Waals surface area contributed by atoms with Crippen molar-refractivity contribution in [2.45, 2.75) is 20.4 Å². The molecule has 0 aliphatic carbocycles. The van der Waals surface area contributed by atoms with Gasteiger partial charge in [-0.15, -0.1) is 0 Å². The molecule has 0 saturated heterocycles. The Kier molecular flexibility index (Phi) is 3.82. The van der Waals surface area contributed by atoms with Crippen LogP contribution in [-0.4, -0.2) is 23.6 Å². The van der Waals surface area contributed by atoms with Crippen LogP contribution in [0.2, 0.25) is 0 Å². The van der Waals surface area contributed by atoms with Crippen LogP contribution in [0.15, 0.2) is 29.1 Å². The lowest BCUT2D eigenvalue weighted by Crippen LogP contribution is -2.18. The summed E-state index contributed by atoms with van der Waals surface area (Å²) in [7, 11) is 2.00. The Morgan fingerprint density at radius 1 is 1.39 bits per heavy atom. The van der Waals surface area contributed by atoms with Crippen LogP contribution in [0.3, 0.4) is 0 Å². The molecule has 0 bridgehead atoms. The fourth-order valence-electron chi connectivity index (χ4n) is 1.76. The van der Waals surface area contributed by atoms with E-state index in [1.165, 1.54) is 0 Å². The zero-order chi connectivity index (χ0) is 13.0. The number of hydrogen-bond donors (Lipinski definition) is 1. The molecule has 2 rings (SSSR count). The van der Waals surface area contributed by atoms with E-state index in [1.807, 2.05) is 33.0 Å². The number of furan rings is 1. The van der Waals surface area contributed by atoms with E-state index in [-0.39, 0.29) is 0 Å². The number of rotatable bonds is 5. The summed E-state index contributed by atoms with van der Waals surface area (Å²) in [6.45, 7) is 5.56. The van der Waals surface area contributed by atoms with Crippen molar-refractivity contribution in [2.24, 2.45) is 0 Å². The maximum atomic E-state index is 5.07. The van der Waals surface area contributed by atoms with E-state index in [2.05, 4.69) is 20.2 Å². The van der Waals surface area contributed by atoms with Crippen molar-refractivity contribution in [3.63, 3.8) is 0 Å². The van der Waals surface area contributed by atoms with E-state index in [0.717, 1.165) is 36.1 Å². The van der Waals surface area contributed by atoms with Crippen molar-refractivity contribution in [2.75, 3.05) is 23.8 Å². The highest BCUT2D eigenvalue weighted by atomic mass is 16.3. The van der Waals surface area contributed by atoms with Gasteiger partial charge in [-0.2, -0.15) is 0 Å². The minimum Gasteiger partial charge on any atom is -0.472 e. The van der Waals surface area contributed by atoms with Gasteiger partial charge in [0.1, 0.15) is 17.5 Å². The summed E-state index contributed by atoms with van der Waals surface area (Å²) in [5.41, 5.74) is 1.12. The van der Waals surface area contributed by atoms with Gasteiger partial charge in [0, 0.05) is 31.8 Å². The van der Waals surface area contributed by atoms with E-state index in [0.29, 0.717) is 0 Å². The summed E-state index contributed by atoms with van der Waals surface area (Å²) >= 11 is 0. The first kappa shape index (κ1) is 12.4. The van der Waals surface area contributed by atoms with Crippen molar-refractivity contribution >= 4 is 11.6 Å². The lowest BCUT2D eigenvalue weighted by Gasteiger charge is -2.18. The number of hydrogen-bond acceptors (Lipinski definition) is 5. The second-order valence-electron chi connectivity index (χ2n) is 4.18. The van der Waals surface area contributed by atoms with Crippen molar-refractivity contribution in [1.82, 2.24) is 9.97 Å². The van der Waals surface area contributed by atoms with Crippen LogP contribution in [0.25, 0.3) is 0 Å². The lowest BCUT2D eigenvalue weighted by atomic mass is 10.3. The van der Waals surface area contributed by atoms with Crippen LogP contribution in [0, 0.1) is 6.92 Å².